The third-order valence-corrected chi connectivity index (χ3v) is 5.28. The van der Waals surface area contributed by atoms with Gasteiger partial charge in [-0.1, -0.05) is 30.3 Å². The number of sulfonamides is 1. The fourth-order valence-electron chi connectivity index (χ4n) is 2.56. The van der Waals surface area contributed by atoms with Crippen LogP contribution in [-0.2, 0) is 10.0 Å². The van der Waals surface area contributed by atoms with Crippen LogP contribution in [0.15, 0.2) is 92.9 Å². The molecule has 0 atom stereocenters. The maximum absolute atomic E-state index is 12.3. The number of nitrogens with zero attached hydrogens (tertiary/aromatic N) is 1. The fourth-order valence-corrected chi connectivity index (χ4v) is 3.40. The van der Waals surface area contributed by atoms with E-state index in [0.717, 1.165) is 5.56 Å². The molecule has 0 spiro atoms. The van der Waals surface area contributed by atoms with E-state index in [-0.39, 0.29) is 10.7 Å². The van der Waals surface area contributed by atoms with Crippen molar-refractivity contribution < 1.29 is 22.0 Å². The first kappa shape index (κ1) is 18.7. The molecular formula is C20H15N3O5S. The standard InChI is InChI=1S/C20H15N3O5S/c24-19(17-7-4-12-27-17)22-23-29(25,26)16-10-8-15(9-11-16)20-21-13-18(28-20)14-5-2-1-3-6-14/h1-13,23H,(H,22,24). The number of carbonyl (C=O) groups excluding carboxylic acids is 1. The molecule has 4 aromatic rings. The minimum atomic E-state index is -3.96. The van der Waals surface area contributed by atoms with Gasteiger partial charge in [0.1, 0.15) is 0 Å². The normalized spacial score (nSPS) is 11.3. The molecule has 0 radical (unpaired) electrons. The van der Waals surface area contributed by atoms with Crippen LogP contribution in [0.1, 0.15) is 10.6 Å². The van der Waals surface area contributed by atoms with Gasteiger partial charge in [-0.25, -0.2) is 13.4 Å². The highest BCUT2D eigenvalue weighted by Gasteiger charge is 2.17. The molecule has 2 aromatic heterocycles. The van der Waals surface area contributed by atoms with Crippen LogP contribution >= 0.6 is 0 Å². The van der Waals surface area contributed by atoms with Gasteiger partial charge in [-0.05, 0) is 36.4 Å². The second-order valence-electron chi connectivity index (χ2n) is 5.96. The smallest absolute Gasteiger partial charge is 0.301 e. The zero-order chi connectivity index (χ0) is 20.3. The first-order valence-corrected chi connectivity index (χ1v) is 9.98. The van der Waals surface area contributed by atoms with E-state index in [1.165, 1.54) is 30.5 Å². The molecule has 1 amide bonds. The van der Waals surface area contributed by atoms with E-state index in [0.29, 0.717) is 17.2 Å². The van der Waals surface area contributed by atoms with Crippen LogP contribution < -0.4 is 10.3 Å². The third-order valence-electron chi connectivity index (χ3n) is 4.02. The second-order valence-corrected chi connectivity index (χ2v) is 7.64. The van der Waals surface area contributed by atoms with Crippen LogP contribution in [-0.4, -0.2) is 19.3 Å². The summed E-state index contributed by atoms with van der Waals surface area (Å²) in [5.41, 5.74) is 3.60. The summed E-state index contributed by atoms with van der Waals surface area (Å²) in [5.74, 6) is 0.260. The predicted octanol–water partition coefficient (Wildman–Crippen LogP) is 3.22. The van der Waals surface area contributed by atoms with Crippen molar-refractivity contribution in [2.45, 2.75) is 4.90 Å². The van der Waals surface area contributed by atoms with Gasteiger partial charge in [0.05, 0.1) is 17.4 Å². The average molecular weight is 409 g/mol. The van der Waals surface area contributed by atoms with Crippen LogP contribution in [0.5, 0.6) is 0 Å². The monoisotopic (exact) mass is 409 g/mol. The van der Waals surface area contributed by atoms with Crippen molar-refractivity contribution in [2.75, 3.05) is 0 Å². The summed E-state index contributed by atoms with van der Waals surface area (Å²) in [6.07, 6.45) is 2.93. The number of rotatable bonds is 6. The number of hydrogen-bond donors (Lipinski definition) is 2. The van der Waals surface area contributed by atoms with Crippen molar-refractivity contribution in [1.29, 1.82) is 0 Å². The number of amides is 1. The van der Waals surface area contributed by atoms with Gasteiger partial charge in [0, 0.05) is 11.1 Å². The molecule has 2 N–H and O–H groups in total. The number of hydrazine groups is 1. The van der Waals surface area contributed by atoms with Crippen LogP contribution in [0.4, 0.5) is 0 Å². The first-order valence-electron chi connectivity index (χ1n) is 8.50. The van der Waals surface area contributed by atoms with Gasteiger partial charge in [0.25, 0.3) is 10.0 Å². The van der Waals surface area contributed by atoms with Crippen LogP contribution in [0, 0.1) is 0 Å². The van der Waals surface area contributed by atoms with E-state index in [9.17, 15) is 13.2 Å². The Morgan fingerprint density at radius 1 is 0.897 bits per heavy atom. The summed E-state index contributed by atoms with van der Waals surface area (Å²) < 4.78 is 35.4. The van der Waals surface area contributed by atoms with E-state index in [1.54, 1.807) is 18.3 Å². The number of nitrogens with one attached hydrogen (secondary N) is 2. The van der Waals surface area contributed by atoms with E-state index < -0.39 is 15.9 Å². The maximum Gasteiger partial charge on any atom is 0.301 e. The lowest BCUT2D eigenvalue weighted by Gasteiger charge is -2.07. The Morgan fingerprint density at radius 2 is 1.66 bits per heavy atom. The molecule has 0 aliphatic rings. The van der Waals surface area contributed by atoms with Crippen molar-refractivity contribution in [3.05, 3.63) is 85.0 Å². The molecule has 0 saturated heterocycles. The van der Waals surface area contributed by atoms with Crippen molar-refractivity contribution >= 4 is 15.9 Å². The molecule has 8 nitrogen and oxygen atoms in total. The lowest BCUT2D eigenvalue weighted by atomic mass is 10.2. The van der Waals surface area contributed by atoms with Crippen LogP contribution in [0.2, 0.25) is 0 Å². The summed E-state index contributed by atoms with van der Waals surface area (Å²) in [6.45, 7) is 0. The third kappa shape index (κ3) is 4.10. The highest BCUT2D eigenvalue weighted by Crippen LogP contribution is 2.26. The van der Waals surface area contributed by atoms with Gasteiger partial charge in [0.15, 0.2) is 11.5 Å². The van der Waals surface area contributed by atoms with Crippen LogP contribution in [0.25, 0.3) is 22.8 Å². The minimum absolute atomic E-state index is 0.0128. The molecule has 0 fully saturated rings. The lowest BCUT2D eigenvalue weighted by Crippen LogP contribution is -2.41. The van der Waals surface area contributed by atoms with Gasteiger partial charge >= 0.3 is 5.91 Å². The maximum atomic E-state index is 12.3. The van der Waals surface area contributed by atoms with Crippen molar-refractivity contribution in [2.24, 2.45) is 0 Å². The zero-order valence-corrected chi connectivity index (χ0v) is 15.7. The Balaban J connectivity index is 1.47. The Kier molecular flexibility index (Phi) is 4.98. The lowest BCUT2D eigenvalue weighted by molar-refractivity contribution is 0.0917. The summed E-state index contributed by atoms with van der Waals surface area (Å²) in [4.78, 5) is 18.0. The highest BCUT2D eigenvalue weighted by atomic mass is 32.2. The van der Waals surface area contributed by atoms with Gasteiger partial charge in [-0.15, -0.1) is 4.83 Å². The highest BCUT2D eigenvalue weighted by molar-refractivity contribution is 7.89. The molecule has 4 rings (SSSR count). The Hall–Kier alpha value is -3.69. The quantitative estimate of drug-likeness (QED) is 0.473. The SMILES string of the molecule is O=C(NNS(=O)(=O)c1ccc(-c2ncc(-c3ccccc3)o2)cc1)c1ccco1. The molecule has 29 heavy (non-hydrogen) atoms. The average Bonchev–Trinajstić information content (AvgIpc) is 3.45. The van der Waals surface area contributed by atoms with E-state index in [4.69, 9.17) is 8.83 Å². The topological polar surface area (TPSA) is 114 Å². The van der Waals surface area contributed by atoms with Gasteiger partial charge in [0.2, 0.25) is 5.89 Å². The molecule has 2 aromatic carbocycles. The van der Waals surface area contributed by atoms with Crippen LogP contribution in [0.3, 0.4) is 0 Å². The molecule has 0 saturated carbocycles. The second kappa shape index (κ2) is 7.74. The molecule has 0 aliphatic heterocycles. The molecule has 0 aliphatic carbocycles. The first-order chi connectivity index (χ1) is 14.0. The fraction of sp³-hybridized carbons (Fsp3) is 0. The summed E-state index contributed by atoms with van der Waals surface area (Å²) in [7, 11) is -3.96. The number of hydrogen-bond acceptors (Lipinski definition) is 6. The van der Waals surface area contributed by atoms with Crippen molar-refractivity contribution in [1.82, 2.24) is 15.2 Å². The molecule has 9 heteroatoms. The molecule has 2 heterocycles. The molecule has 0 unspecified atom stereocenters. The largest absolute Gasteiger partial charge is 0.459 e. The Morgan fingerprint density at radius 3 is 2.34 bits per heavy atom. The van der Waals surface area contributed by atoms with Gasteiger partial charge in [-0.3, -0.25) is 10.2 Å². The van der Waals surface area contributed by atoms with E-state index >= 15 is 0 Å². The molecule has 0 bridgehead atoms. The number of carbonyl (C=O) groups is 1. The van der Waals surface area contributed by atoms with E-state index in [2.05, 4.69) is 10.4 Å². The Labute approximate surface area is 166 Å². The molecular weight excluding hydrogens is 394 g/mol. The zero-order valence-electron chi connectivity index (χ0n) is 14.9. The summed E-state index contributed by atoms with van der Waals surface area (Å²) >= 11 is 0. The van der Waals surface area contributed by atoms with Gasteiger partial charge < -0.3 is 8.83 Å². The van der Waals surface area contributed by atoms with Gasteiger partial charge in [-0.2, -0.15) is 0 Å². The summed E-state index contributed by atoms with van der Waals surface area (Å²) in [5, 5.41) is 0. The number of aromatic nitrogens is 1. The Bertz CT molecular complexity index is 1210. The van der Waals surface area contributed by atoms with Crippen molar-refractivity contribution in [3.63, 3.8) is 0 Å². The number of benzene rings is 2. The summed E-state index contributed by atoms with van der Waals surface area (Å²) in [6, 6.07) is 18.4. The number of oxazole rings is 1. The number of furan rings is 1. The minimum Gasteiger partial charge on any atom is -0.459 e. The predicted molar refractivity (Wildman–Crippen MR) is 104 cm³/mol. The molecule has 146 valence electrons. The van der Waals surface area contributed by atoms with E-state index in [1.807, 2.05) is 35.2 Å². The van der Waals surface area contributed by atoms with Crippen molar-refractivity contribution in [3.8, 4) is 22.8 Å².